The Morgan fingerprint density at radius 2 is 2.14 bits per heavy atom. The summed E-state index contributed by atoms with van der Waals surface area (Å²) in [6.45, 7) is 1.84. The Labute approximate surface area is 120 Å². The average molecular weight is 307 g/mol. The zero-order valence-electron chi connectivity index (χ0n) is 11.3. The minimum atomic E-state index is -3.26. The van der Waals surface area contributed by atoms with Crippen molar-refractivity contribution in [3.05, 3.63) is 39.7 Å². The normalized spacial score (nSPS) is 15.9. The molecule has 0 saturated heterocycles. The average Bonchev–Trinajstić information content (AvgIpc) is 2.73. The molecule has 7 heteroatoms. The Hall–Kier alpha value is -2.15. The lowest BCUT2D eigenvalue weighted by Crippen LogP contribution is -2.18. The maximum Gasteiger partial charge on any atom is 0.343 e. The second-order valence-corrected chi connectivity index (χ2v) is 6.90. The van der Waals surface area contributed by atoms with Crippen molar-refractivity contribution in [2.75, 3.05) is 12.4 Å². The van der Waals surface area contributed by atoms with Gasteiger partial charge < -0.3 is 9.72 Å². The number of carbonyl (C=O) groups excluding carboxylic acids is 1. The highest BCUT2D eigenvalue weighted by Crippen LogP contribution is 2.28. The van der Waals surface area contributed by atoms with E-state index in [0.717, 1.165) is 0 Å². The molecule has 0 unspecified atom stereocenters. The SMILES string of the molecule is CCOC(=O)c1c[nH]c2cc3c(cc2c1=O)CCS3(=O)=O. The Balaban J connectivity index is 2.25. The van der Waals surface area contributed by atoms with Crippen LogP contribution in [0.4, 0.5) is 0 Å². The van der Waals surface area contributed by atoms with E-state index in [2.05, 4.69) is 4.98 Å². The van der Waals surface area contributed by atoms with Crippen molar-refractivity contribution in [1.29, 1.82) is 0 Å². The number of hydrogen-bond acceptors (Lipinski definition) is 5. The molecule has 0 spiro atoms. The lowest BCUT2D eigenvalue weighted by Gasteiger charge is -2.05. The molecule has 6 nitrogen and oxygen atoms in total. The third-order valence-electron chi connectivity index (χ3n) is 3.53. The van der Waals surface area contributed by atoms with Gasteiger partial charge in [-0.05, 0) is 31.0 Å². The monoisotopic (exact) mass is 307 g/mol. The first kappa shape index (κ1) is 13.8. The molecule has 0 amide bonds. The number of aromatic amines is 1. The molecule has 110 valence electrons. The van der Waals surface area contributed by atoms with Crippen LogP contribution in [-0.4, -0.2) is 31.7 Å². The smallest absolute Gasteiger partial charge is 0.343 e. The van der Waals surface area contributed by atoms with Crippen molar-refractivity contribution in [1.82, 2.24) is 4.98 Å². The predicted molar refractivity (Wildman–Crippen MR) is 76.3 cm³/mol. The zero-order chi connectivity index (χ0) is 15.2. The van der Waals surface area contributed by atoms with Gasteiger partial charge in [-0.2, -0.15) is 0 Å². The number of ether oxygens (including phenoxy) is 1. The third-order valence-corrected chi connectivity index (χ3v) is 5.32. The van der Waals surface area contributed by atoms with E-state index in [4.69, 9.17) is 4.74 Å². The van der Waals surface area contributed by atoms with E-state index in [0.29, 0.717) is 22.9 Å². The maximum atomic E-state index is 12.3. The Morgan fingerprint density at radius 1 is 1.38 bits per heavy atom. The molecular formula is C14H13NO5S. The second kappa shape index (κ2) is 4.70. The molecule has 1 aliphatic heterocycles. The summed E-state index contributed by atoms with van der Waals surface area (Å²) in [6, 6.07) is 3.01. The van der Waals surface area contributed by atoms with Crippen molar-refractivity contribution < 1.29 is 17.9 Å². The van der Waals surface area contributed by atoms with Gasteiger partial charge in [-0.15, -0.1) is 0 Å². The molecule has 0 radical (unpaired) electrons. The standard InChI is InChI=1S/C14H13NO5S/c1-2-20-14(17)10-7-15-11-6-12-8(3-4-21(12,18)19)5-9(11)13(10)16/h5-7H,2-4H2,1H3,(H,15,16). The van der Waals surface area contributed by atoms with Gasteiger partial charge in [0.05, 0.1) is 22.8 Å². The van der Waals surface area contributed by atoms with Gasteiger partial charge in [-0.3, -0.25) is 4.79 Å². The number of aromatic nitrogens is 1. The maximum absolute atomic E-state index is 12.3. The van der Waals surface area contributed by atoms with E-state index in [9.17, 15) is 18.0 Å². The molecule has 0 atom stereocenters. The summed E-state index contributed by atoms with van der Waals surface area (Å²) in [5.41, 5.74) is 0.491. The molecule has 1 aliphatic rings. The fraction of sp³-hybridized carbons (Fsp3) is 0.286. The minimum Gasteiger partial charge on any atom is -0.462 e. The molecule has 3 rings (SSSR count). The first-order chi connectivity index (χ1) is 9.94. The van der Waals surface area contributed by atoms with Crippen LogP contribution in [0.15, 0.2) is 28.0 Å². The molecule has 0 fully saturated rings. The van der Waals surface area contributed by atoms with E-state index >= 15 is 0 Å². The van der Waals surface area contributed by atoms with Crippen LogP contribution in [0.25, 0.3) is 10.9 Å². The van der Waals surface area contributed by atoms with Gasteiger partial charge in [-0.1, -0.05) is 0 Å². The zero-order valence-corrected chi connectivity index (χ0v) is 12.1. The number of sulfone groups is 1. The van der Waals surface area contributed by atoms with Crippen LogP contribution in [-0.2, 0) is 21.0 Å². The molecule has 1 aromatic carbocycles. The largest absolute Gasteiger partial charge is 0.462 e. The van der Waals surface area contributed by atoms with Crippen LogP contribution in [0, 0.1) is 0 Å². The molecule has 0 bridgehead atoms. The van der Waals surface area contributed by atoms with Crippen molar-refractivity contribution in [2.24, 2.45) is 0 Å². The van der Waals surface area contributed by atoms with Crippen LogP contribution in [0.3, 0.4) is 0 Å². The highest BCUT2D eigenvalue weighted by Gasteiger charge is 2.27. The van der Waals surface area contributed by atoms with Crippen molar-refractivity contribution >= 4 is 26.7 Å². The first-order valence-electron chi connectivity index (χ1n) is 6.52. The molecular weight excluding hydrogens is 294 g/mol. The summed E-state index contributed by atoms with van der Waals surface area (Å²) >= 11 is 0. The second-order valence-electron chi connectivity index (χ2n) is 4.83. The third kappa shape index (κ3) is 2.13. The lowest BCUT2D eigenvalue weighted by molar-refractivity contribution is 0.0524. The number of hydrogen-bond donors (Lipinski definition) is 1. The Kier molecular flexibility index (Phi) is 3.09. The van der Waals surface area contributed by atoms with Gasteiger partial charge in [0, 0.05) is 11.6 Å². The molecule has 1 N–H and O–H groups in total. The number of carbonyl (C=O) groups is 1. The van der Waals surface area contributed by atoms with Gasteiger partial charge >= 0.3 is 5.97 Å². The van der Waals surface area contributed by atoms with Gasteiger partial charge in [0.2, 0.25) is 5.43 Å². The van der Waals surface area contributed by atoms with Gasteiger partial charge in [-0.25, -0.2) is 13.2 Å². The van der Waals surface area contributed by atoms with Crippen LogP contribution in [0.2, 0.25) is 0 Å². The number of esters is 1. The number of nitrogens with one attached hydrogen (secondary N) is 1. The fourth-order valence-electron chi connectivity index (χ4n) is 2.49. The van der Waals surface area contributed by atoms with E-state index in [1.807, 2.05) is 0 Å². The first-order valence-corrected chi connectivity index (χ1v) is 8.17. The topological polar surface area (TPSA) is 93.3 Å². The van der Waals surface area contributed by atoms with E-state index in [-0.39, 0.29) is 22.8 Å². The van der Waals surface area contributed by atoms with Crippen molar-refractivity contribution in [3.63, 3.8) is 0 Å². The number of fused-ring (bicyclic) bond motifs is 2. The van der Waals surface area contributed by atoms with Gasteiger partial charge in [0.15, 0.2) is 9.84 Å². The number of benzene rings is 1. The molecule has 0 saturated carbocycles. The van der Waals surface area contributed by atoms with Gasteiger partial charge in [0.1, 0.15) is 5.56 Å². The summed E-state index contributed by atoms with van der Waals surface area (Å²) < 4.78 is 28.6. The number of aryl methyl sites for hydroxylation is 1. The van der Waals surface area contributed by atoms with Gasteiger partial charge in [0.25, 0.3) is 0 Å². The van der Waals surface area contributed by atoms with Crippen LogP contribution in [0.5, 0.6) is 0 Å². The number of pyridine rings is 1. The van der Waals surface area contributed by atoms with Crippen LogP contribution >= 0.6 is 0 Å². The summed E-state index contributed by atoms with van der Waals surface area (Å²) in [5.74, 6) is -0.633. The number of H-pyrrole nitrogens is 1. The summed E-state index contributed by atoms with van der Waals surface area (Å²) in [7, 11) is -3.26. The molecule has 1 aromatic heterocycles. The van der Waals surface area contributed by atoms with Crippen molar-refractivity contribution in [3.8, 4) is 0 Å². The summed E-state index contributed by atoms with van der Waals surface area (Å²) in [5, 5.41) is 0.302. The number of rotatable bonds is 2. The van der Waals surface area contributed by atoms with Crippen molar-refractivity contribution in [2.45, 2.75) is 18.2 Å². The van der Waals surface area contributed by atoms with E-state index in [1.165, 1.54) is 12.3 Å². The Morgan fingerprint density at radius 3 is 2.86 bits per heavy atom. The highest BCUT2D eigenvalue weighted by atomic mass is 32.2. The molecule has 2 aromatic rings. The molecule has 2 heterocycles. The molecule has 0 aliphatic carbocycles. The van der Waals surface area contributed by atoms with E-state index < -0.39 is 21.2 Å². The summed E-state index contributed by atoms with van der Waals surface area (Å²) in [4.78, 5) is 27.1. The predicted octanol–water partition coefficient (Wildman–Crippen LogP) is 1.03. The fourth-order valence-corrected chi connectivity index (χ4v) is 4.06. The quantitative estimate of drug-likeness (QED) is 0.837. The Bertz CT molecular complexity index is 911. The minimum absolute atomic E-state index is 0.0532. The summed E-state index contributed by atoms with van der Waals surface area (Å²) in [6.07, 6.45) is 1.65. The lowest BCUT2D eigenvalue weighted by atomic mass is 10.1. The molecule has 21 heavy (non-hydrogen) atoms. The van der Waals surface area contributed by atoms with Crippen LogP contribution in [0.1, 0.15) is 22.8 Å². The van der Waals surface area contributed by atoms with E-state index in [1.54, 1.807) is 13.0 Å². The highest BCUT2D eigenvalue weighted by molar-refractivity contribution is 7.91. The van der Waals surface area contributed by atoms with Crippen LogP contribution < -0.4 is 5.43 Å².